The Morgan fingerprint density at radius 2 is 2.14 bits per heavy atom. The van der Waals surface area contributed by atoms with Crippen LogP contribution in [0.5, 0.6) is 0 Å². The van der Waals surface area contributed by atoms with Crippen LogP contribution >= 0.6 is 0 Å². The fourth-order valence-corrected chi connectivity index (χ4v) is 4.66. The smallest absolute Gasteiger partial charge is 0.251 e. The van der Waals surface area contributed by atoms with Crippen molar-refractivity contribution in [3.63, 3.8) is 0 Å². The van der Waals surface area contributed by atoms with Gasteiger partial charge in [0.25, 0.3) is 5.91 Å². The minimum absolute atomic E-state index is 0.111. The molecule has 120 valence electrons. The average molecular weight is 323 g/mol. The van der Waals surface area contributed by atoms with Crippen LogP contribution in [0.4, 0.5) is 0 Å². The molecule has 22 heavy (non-hydrogen) atoms. The van der Waals surface area contributed by atoms with Crippen LogP contribution in [0.2, 0.25) is 0 Å². The second-order valence-electron chi connectivity index (χ2n) is 5.98. The van der Waals surface area contributed by atoms with Gasteiger partial charge in [0.1, 0.15) is 0 Å². The number of benzene rings is 1. The van der Waals surface area contributed by atoms with Gasteiger partial charge in [0.05, 0.1) is 4.90 Å². The highest BCUT2D eigenvalue weighted by molar-refractivity contribution is 7.89. The Morgan fingerprint density at radius 1 is 1.32 bits per heavy atom. The summed E-state index contributed by atoms with van der Waals surface area (Å²) < 4.78 is 27.9. The second kappa shape index (κ2) is 5.98. The highest BCUT2D eigenvalue weighted by Gasteiger charge is 2.31. The Kier molecular flexibility index (Phi) is 4.20. The number of nitrogens with two attached hydrogens (primary N) is 1. The highest BCUT2D eigenvalue weighted by Crippen LogP contribution is 2.27. The van der Waals surface area contributed by atoms with E-state index in [1.54, 1.807) is 12.1 Å². The minimum Gasteiger partial charge on any atom is -0.352 e. The van der Waals surface area contributed by atoms with Gasteiger partial charge in [-0.15, -0.1) is 0 Å². The van der Waals surface area contributed by atoms with Crippen molar-refractivity contribution < 1.29 is 13.2 Å². The summed E-state index contributed by atoms with van der Waals surface area (Å²) >= 11 is 0. The van der Waals surface area contributed by atoms with E-state index in [1.807, 2.05) is 0 Å². The molecule has 1 amide bonds. The molecule has 7 heteroatoms. The zero-order valence-corrected chi connectivity index (χ0v) is 13.2. The molecule has 1 aliphatic carbocycles. The van der Waals surface area contributed by atoms with E-state index >= 15 is 0 Å². The zero-order valence-electron chi connectivity index (χ0n) is 12.3. The molecule has 1 aromatic rings. The summed E-state index contributed by atoms with van der Waals surface area (Å²) in [6, 6.07) is 4.67. The lowest BCUT2D eigenvalue weighted by Crippen LogP contribution is -2.40. The van der Waals surface area contributed by atoms with Crippen LogP contribution in [0.1, 0.15) is 35.2 Å². The third kappa shape index (κ3) is 2.88. The van der Waals surface area contributed by atoms with Gasteiger partial charge in [0.15, 0.2) is 0 Å². The van der Waals surface area contributed by atoms with Crippen molar-refractivity contribution in [2.45, 2.75) is 36.6 Å². The first-order valence-corrected chi connectivity index (χ1v) is 9.13. The Labute approximate surface area is 130 Å². The summed E-state index contributed by atoms with van der Waals surface area (Å²) in [6.45, 7) is 1.08. The maximum atomic E-state index is 12.6. The molecule has 6 nitrogen and oxygen atoms in total. The third-order valence-electron chi connectivity index (χ3n) is 4.58. The molecule has 1 aromatic carbocycles. The van der Waals surface area contributed by atoms with Gasteiger partial charge in [-0.2, -0.15) is 0 Å². The van der Waals surface area contributed by atoms with Crippen LogP contribution < -0.4 is 15.8 Å². The van der Waals surface area contributed by atoms with Crippen molar-refractivity contribution in [1.82, 2.24) is 10.0 Å². The number of hydrogen-bond acceptors (Lipinski definition) is 4. The molecule has 0 unspecified atom stereocenters. The maximum absolute atomic E-state index is 12.6. The standard InChI is InChI=1S/C15H21N3O3S/c16-9-11-2-1-3-14(11)18-22(20,21)12-5-4-10-6-7-17-15(19)13(10)8-12/h4-5,8,11,14,18H,1-3,6-7,9,16H2,(H,17,19)/t11-,14-/m1/s1. The Hall–Kier alpha value is -1.44. The lowest BCUT2D eigenvalue weighted by atomic mass is 10.0. The number of fused-ring (bicyclic) bond motifs is 1. The molecule has 0 spiro atoms. The number of sulfonamides is 1. The fourth-order valence-electron chi connectivity index (χ4n) is 3.30. The number of rotatable bonds is 4. The molecule has 3 rings (SSSR count). The summed E-state index contributed by atoms with van der Waals surface area (Å²) in [6.07, 6.45) is 3.48. The van der Waals surface area contributed by atoms with Crippen molar-refractivity contribution in [1.29, 1.82) is 0 Å². The van der Waals surface area contributed by atoms with Crippen LogP contribution in [0.3, 0.4) is 0 Å². The van der Waals surface area contributed by atoms with Gasteiger partial charge in [0, 0.05) is 18.2 Å². The minimum atomic E-state index is -3.63. The second-order valence-corrected chi connectivity index (χ2v) is 7.69. The van der Waals surface area contributed by atoms with E-state index in [1.165, 1.54) is 6.07 Å². The average Bonchev–Trinajstić information content (AvgIpc) is 2.94. The Balaban J connectivity index is 1.86. The topological polar surface area (TPSA) is 101 Å². The molecular weight excluding hydrogens is 302 g/mol. The number of amides is 1. The first kappa shape index (κ1) is 15.5. The van der Waals surface area contributed by atoms with Crippen LogP contribution in [-0.2, 0) is 16.4 Å². The van der Waals surface area contributed by atoms with Crippen LogP contribution in [0.25, 0.3) is 0 Å². The first-order chi connectivity index (χ1) is 10.5. The quantitative estimate of drug-likeness (QED) is 0.745. The zero-order chi connectivity index (χ0) is 15.7. The summed E-state index contributed by atoms with van der Waals surface area (Å²) in [5, 5.41) is 2.74. The molecule has 0 radical (unpaired) electrons. The number of carbonyl (C=O) groups is 1. The van der Waals surface area contributed by atoms with E-state index in [0.717, 1.165) is 31.2 Å². The molecule has 0 bridgehead atoms. The van der Waals surface area contributed by atoms with E-state index in [-0.39, 0.29) is 22.8 Å². The van der Waals surface area contributed by atoms with E-state index in [2.05, 4.69) is 10.0 Å². The number of hydrogen-bond donors (Lipinski definition) is 3. The van der Waals surface area contributed by atoms with Gasteiger partial charge in [-0.25, -0.2) is 13.1 Å². The first-order valence-electron chi connectivity index (χ1n) is 7.65. The molecular formula is C15H21N3O3S. The normalized spacial score (nSPS) is 24.9. The predicted octanol–water partition coefficient (Wildman–Crippen LogP) is 0.378. The summed E-state index contributed by atoms with van der Waals surface area (Å²) in [5.74, 6) is -0.0188. The van der Waals surface area contributed by atoms with Crippen molar-refractivity contribution >= 4 is 15.9 Å². The predicted molar refractivity (Wildman–Crippen MR) is 83.0 cm³/mol. The van der Waals surface area contributed by atoms with E-state index in [9.17, 15) is 13.2 Å². The van der Waals surface area contributed by atoms with Crippen molar-refractivity contribution in [2.75, 3.05) is 13.1 Å². The van der Waals surface area contributed by atoms with Crippen LogP contribution in [0.15, 0.2) is 23.1 Å². The van der Waals surface area contributed by atoms with Gasteiger partial charge in [-0.05, 0) is 49.4 Å². The molecule has 0 saturated heterocycles. The number of nitrogens with one attached hydrogen (secondary N) is 2. The van der Waals surface area contributed by atoms with E-state index < -0.39 is 10.0 Å². The monoisotopic (exact) mass is 323 g/mol. The lowest BCUT2D eigenvalue weighted by molar-refractivity contribution is 0.0945. The third-order valence-corrected chi connectivity index (χ3v) is 6.07. The van der Waals surface area contributed by atoms with Crippen LogP contribution in [-0.4, -0.2) is 33.5 Å². The summed E-state index contributed by atoms with van der Waals surface area (Å²) in [4.78, 5) is 12.0. The summed E-state index contributed by atoms with van der Waals surface area (Å²) in [5.41, 5.74) is 7.05. The Bertz CT molecular complexity index is 687. The van der Waals surface area contributed by atoms with E-state index in [0.29, 0.717) is 18.7 Å². The molecule has 1 fully saturated rings. The van der Waals surface area contributed by atoms with Crippen molar-refractivity contribution in [2.24, 2.45) is 11.7 Å². The van der Waals surface area contributed by atoms with Gasteiger partial charge < -0.3 is 11.1 Å². The maximum Gasteiger partial charge on any atom is 0.251 e. The highest BCUT2D eigenvalue weighted by atomic mass is 32.2. The molecule has 4 N–H and O–H groups in total. The molecule has 1 heterocycles. The summed E-state index contributed by atoms with van der Waals surface area (Å²) in [7, 11) is -3.63. The Morgan fingerprint density at radius 3 is 2.91 bits per heavy atom. The van der Waals surface area contributed by atoms with Gasteiger partial charge in [-0.1, -0.05) is 12.5 Å². The largest absolute Gasteiger partial charge is 0.352 e. The van der Waals surface area contributed by atoms with Crippen LogP contribution in [0, 0.1) is 5.92 Å². The number of carbonyl (C=O) groups excluding carboxylic acids is 1. The van der Waals surface area contributed by atoms with Gasteiger partial charge in [0.2, 0.25) is 10.0 Å². The van der Waals surface area contributed by atoms with Gasteiger partial charge in [-0.3, -0.25) is 4.79 Å². The fraction of sp³-hybridized carbons (Fsp3) is 0.533. The van der Waals surface area contributed by atoms with E-state index in [4.69, 9.17) is 5.73 Å². The lowest BCUT2D eigenvalue weighted by Gasteiger charge is -2.21. The van der Waals surface area contributed by atoms with Crippen molar-refractivity contribution in [3.8, 4) is 0 Å². The van der Waals surface area contributed by atoms with Gasteiger partial charge >= 0.3 is 0 Å². The SMILES string of the molecule is NC[C@H]1CCC[C@H]1NS(=O)(=O)c1ccc2c(c1)C(=O)NCC2. The van der Waals surface area contributed by atoms with Crippen molar-refractivity contribution in [3.05, 3.63) is 29.3 Å². The molecule has 0 aromatic heterocycles. The molecule has 1 aliphatic heterocycles. The molecule has 1 saturated carbocycles. The molecule has 2 atom stereocenters. The molecule has 2 aliphatic rings.